The first-order valence-corrected chi connectivity index (χ1v) is 9.59. The van der Waals surface area contributed by atoms with Crippen LogP contribution in [0.4, 0.5) is 0 Å². The summed E-state index contributed by atoms with van der Waals surface area (Å²) in [7, 11) is 0. The van der Waals surface area contributed by atoms with Crippen molar-refractivity contribution >= 4 is 52.6 Å². The average Bonchev–Trinajstić information content (AvgIpc) is 2.99. The van der Waals surface area contributed by atoms with Crippen molar-refractivity contribution in [1.29, 1.82) is 0 Å². The summed E-state index contributed by atoms with van der Waals surface area (Å²) in [5, 5.41) is 7.16. The Morgan fingerprint density at radius 1 is 1.18 bits per heavy atom. The van der Waals surface area contributed by atoms with Gasteiger partial charge in [-0.05, 0) is 44.0 Å². The lowest BCUT2D eigenvalue weighted by atomic mass is 10.3. The topological polar surface area (TPSA) is 67.1 Å². The van der Waals surface area contributed by atoms with Crippen LogP contribution in [0.5, 0.6) is 0 Å². The van der Waals surface area contributed by atoms with E-state index >= 15 is 0 Å². The zero-order valence-electron chi connectivity index (χ0n) is 16.2. The maximum Gasteiger partial charge on any atom is 0.191 e. The van der Waals surface area contributed by atoms with E-state index < -0.39 is 0 Å². The largest absolute Gasteiger partial charge is 0.357 e. The number of fused-ring (bicyclic) bond motifs is 1. The van der Waals surface area contributed by atoms with E-state index in [9.17, 15) is 0 Å². The molecule has 0 radical (unpaired) electrons. The van der Waals surface area contributed by atoms with Gasteiger partial charge in [0.1, 0.15) is 11.0 Å². The Hall–Kier alpha value is -1.87. The Balaban J connectivity index is 0.00000280. The molecule has 0 fully saturated rings. The molecule has 0 unspecified atom stereocenters. The molecule has 2 heterocycles. The van der Waals surface area contributed by atoms with Crippen LogP contribution in [0.1, 0.15) is 24.7 Å². The highest BCUT2D eigenvalue weighted by atomic mass is 127. The Bertz CT molecular complexity index is 907. The summed E-state index contributed by atoms with van der Waals surface area (Å²) in [5.74, 6) is 1.85. The van der Waals surface area contributed by atoms with Gasteiger partial charge in [-0.2, -0.15) is 0 Å². The number of aryl methyl sites for hydroxylation is 2. The maximum absolute atomic E-state index is 5.82. The molecule has 28 heavy (non-hydrogen) atoms. The molecular weight excluding hydrogens is 487 g/mol. The van der Waals surface area contributed by atoms with Gasteiger partial charge in [0, 0.05) is 25.8 Å². The van der Waals surface area contributed by atoms with Crippen molar-refractivity contribution in [3.05, 3.63) is 59.1 Å². The van der Waals surface area contributed by atoms with Gasteiger partial charge in [0.15, 0.2) is 5.96 Å². The number of rotatable bonds is 7. The van der Waals surface area contributed by atoms with Crippen LogP contribution in [0, 0.1) is 6.92 Å². The molecule has 0 atom stereocenters. The van der Waals surface area contributed by atoms with Crippen LogP contribution in [0.25, 0.3) is 11.0 Å². The highest BCUT2D eigenvalue weighted by Gasteiger charge is 2.06. The third-order valence-corrected chi connectivity index (χ3v) is 4.47. The second kappa shape index (κ2) is 11.2. The van der Waals surface area contributed by atoms with Gasteiger partial charge < -0.3 is 15.2 Å². The minimum absolute atomic E-state index is 0. The normalized spacial score (nSPS) is 11.3. The van der Waals surface area contributed by atoms with Gasteiger partial charge in [-0.15, -0.1) is 24.0 Å². The second-order valence-corrected chi connectivity index (χ2v) is 6.65. The lowest BCUT2D eigenvalue weighted by Crippen LogP contribution is -2.38. The average molecular weight is 513 g/mol. The maximum atomic E-state index is 5.82. The number of hydrogen-bond donors (Lipinski definition) is 2. The summed E-state index contributed by atoms with van der Waals surface area (Å²) in [5.41, 5.74) is 3.26. The van der Waals surface area contributed by atoms with Crippen LogP contribution in [0.15, 0.2) is 47.6 Å². The number of nitrogens with one attached hydrogen (secondary N) is 2. The van der Waals surface area contributed by atoms with Crippen LogP contribution in [-0.4, -0.2) is 33.6 Å². The zero-order chi connectivity index (χ0) is 19.1. The van der Waals surface area contributed by atoms with E-state index in [2.05, 4.69) is 62.2 Å². The van der Waals surface area contributed by atoms with Gasteiger partial charge >= 0.3 is 0 Å². The number of guanidine groups is 1. The van der Waals surface area contributed by atoms with Crippen LogP contribution in [0.2, 0.25) is 5.15 Å². The smallest absolute Gasteiger partial charge is 0.191 e. The fraction of sp³-hybridized carbons (Fsp3) is 0.350. The first-order valence-electron chi connectivity index (χ1n) is 9.22. The summed E-state index contributed by atoms with van der Waals surface area (Å²) >= 11 is 5.82. The van der Waals surface area contributed by atoms with E-state index in [1.54, 1.807) is 12.3 Å². The summed E-state index contributed by atoms with van der Waals surface area (Å²) in [6.07, 6.45) is 2.73. The van der Waals surface area contributed by atoms with Crippen molar-refractivity contribution in [2.24, 2.45) is 4.99 Å². The van der Waals surface area contributed by atoms with Gasteiger partial charge in [-0.1, -0.05) is 29.8 Å². The van der Waals surface area contributed by atoms with Crippen molar-refractivity contribution in [3.63, 3.8) is 0 Å². The molecule has 0 saturated heterocycles. The molecule has 6 nitrogen and oxygen atoms in total. The summed E-state index contributed by atoms with van der Waals surface area (Å²) in [6.45, 7) is 7.23. The summed E-state index contributed by atoms with van der Waals surface area (Å²) in [6, 6.07) is 12.0. The van der Waals surface area contributed by atoms with E-state index in [1.165, 1.54) is 5.52 Å². The van der Waals surface area contributed by atoms with Crippen LogP contribution in [0.3, 0.4) is 0 Å². The van der Waals surface area contributed by atoms with Crippen LogP contribution >= 0.6 is 35.6 Å². The Morgan fingerprint density at radius 2 is 2.00 bits per heavy atom. The predicted molar refractivity (Wildman–Crippen MR) is 127 cm³/mol. The third kappa shape index (κ3) is 6.07. The minimum Gasteiger partial charge on any atom is -0.357 e. The fourth-order valence-corrected chi connectivity index (χ4v) is 3.05. The highest BCUT2D eigenvalue weighted by molar-refractivity contribution is 14.0. The van der Waals surface area contributed by atoms with Crippen molar-refractivity contribution in [3.8, 4) is 0 Å². The Morgan fingerprint density at radius 3 is 2.75 bits per heavy atom. The monoisotopic (exact) mass is 512 g/mol. The second-order valence-electron chi connectivity index (χ2n) is 6.26. The quantitative estimate of drug-likeness (QED) is 0.164. The van der Waals surface area contributed by atoms with E-state index in [-0.39, 0.29) is 24.0 Å². The number of para-hydroxylation sites is 2. The molecule has 2 aromatic heterocycles. The number of imidazole rings is 1. The van der Waals surface area contributed by atoms with E-state index in [4.69, 9.17) is 11.6 Å². The van der Waals surface area contributed by atoms with Crippen molar-refractivity contribution in [2.75, 3.05) is 13.1 Å². The molecule has 0 saturated carbocycles. The standard InChI is InChI=1S/C20H25ClN6.HI/c1-3-22-20(25-14-16-9-10-19(21)24-13-16)23-11-6-12-27-15(2)26-17-7-4-5-8-18(17)27;/h4-5,7-10,13H,3,6,11-12,14H2,1-2H3,(H2,22,23,25);1H. The van der Waals surface area contributed by atoms with Gasteiger partial charge in [-0.25, -0.2) is 15.0 Å². The number of benzene rings is 1. The number of nitrogens with zero attached hydrogens (tertiary/aromatic N) is 4. The molecule has 0 aliphatic rings. The van der Waals surface area contributed by atoms with Crippen molar-refractivity contribution < 1.29 is 0 Å². The lowest BCUT2D eigenvalue weighted by molar-refractivity contribution is 0.624. The van der Waals surface area contributed by atoms with Gasteiger partial charge in [-0.3, -0.25) is 0 Å². The predicted octanol–water partition coefficient (Wildman–Crippen LogP) is 4.16. The number of pyridine rings is 1. The molecule has 2 N–H and O–H groups in total. The Labute approximate surface area is 187 Å². The molecule has 0 aliphatic heterocycles. The molecule has 0 bridgehead atoms. The van der Waals surface area contributed by atoms with Crippen molar-refractivity contribution in [2.45, 2.75) is 33.4 Å². The molecule has 3 rings (SSSR count). The van der Waals surface area contributed by atoms with Crippen molar-refractivity contribution in [1.82, 2.24) is 25.2 Å². The molecule has 0 spiro atoms. The van der Waals surface area contributed by atoms with Gasteiger partial charge in [0.25, 0.3) is 0 Å². The van der Waals surface area contributed by atoms with Gasteiger partial charge in [0.2, 0.25) is 0 Å². The SMILES string of the molecule is CCNC(=NCc1ccc(Cl)nc1)NCCCn1c(C)nc2ccccc21.I. The van der Waals surface area contributed by atoms with Gasteiger partial charge in [0.05, 0.1) is 17.6 Å². The Kier molecular flexibility index (Phi) is 8.98. The first kappa shape index (κ1) is 22.4. The molecule has 8 heteroatoms. The third-order valence-electron chi connectivity index (χ3n) is 4.25. The minimum atomic E-state index is 0. The molecule has 3 aromatic rings. The van der Waals surface area contributed by atoms with Crippen LogP contribution in [-0.2, 0) is 13.1 Å². The molecular formula is C20H26ClIN6. The summed E-state index contributed by atoms with van der Waals surface area (Å²) in [4.78, 5) is 13.3. The number of aromatic nitrogens is 3. The number of halogens is 2. The molecule has 150 valence electrons. The zero-order valence-corrected chi connectivity index (χ0v) is 19.2. The number of hydrogen-bond acceptors (Lipinski definition) is 3. The van der Waals surface area contributed by atoms with E-state index in [0.29, 0.717) is 11.7 Å². The molecule has 0 amide bonds. The first-order chi connectivity index (χ1) is 13.2. The summed E-state index contributed by atoms with van der Waals surface area (Å²) < 4.78 is 2.26. The fourth-order valence-electron chi connectivity index (χ4n) is 2.93. The lowest BCUT2D eigenvalue weighted by Gasteiger charge is -2.12. The van der Waals surface area contributed by atoms with E-state index in [0.717, 1.165) is 48.9 Å². The molecule has 1 aromatic carbocycles. The van der Waals surface area contributed by atoms with E-state index in [1.807, 2.05) is 12.1 Å². The number of aliphatic imine (C=N–C) groups is 1. The highest BCUT2D eigenvalue weighted by Crippen LogP contribution is 2.15. The molecule has 0 aliphatic carbocycles. The van der Waals surface area contributed by atoms with Crippen LogP contribution < -0.4 is 10.6 Å².